The number of amides is 1. The molecule has 0 aliphatic heterocycles. The van der Waals surface area contributed by atoms with Crippen LogP contribution in [-0.4, -0.2) is 18.3 Å². The van der Waals surface area contributed by atoms with Crippen LogP contribution >= 0.6 is 23.2 Å². The maximum absolute atomic E-state index is 11.9. The van der Waals surface area contributed by atoms with Crippen molar-refractivity contribution in [1.82, 2.24) is 0 Å². The van der Waals surface area contributed by atoms with Crippen molar-refractivity contribution in [3.05, 3.63) is 58.1 Å². The number of ketones is 1. The quantitative estimate of drug-likeness (QED) is 0.831. The molecule has 0 aromatic heterocycles. The number of hydrogen-bond acceptors (Lipinski definition) is 3. The third kappa shape index (κ3) is 4.23. The van der Waals surface area contributed by atoms with Crippen molar-refractivity contribution in [2.75, 3.05) is 11.9 Å². The lowest BCUT2D eigenvalue weighted by molar-refractivity contribution is -0.118. The number of carbonyl (C=O) groups is 2. The first-order chi connectivity index (χ1) is 10.5. The molecule has 6 heteroatoms. The first kappa shape index (κ1) is 16.3. The summed E-state index contributed by atoms with van der Waals surface area (Å²) in [6.45, 7) is 1.22. The molecule has 0 aliphatic carbocycles. The third-order valence-electron chi connectivity index (χ3n) is 2.82. The van der Waals surface area contributed by atoms with Gasteiger partial charge in [-0.2, -0.15) is 0 Å². The predicted molar refractivity (Wildman–Crippen MR) is 87.0 cm³/mol. The molecule has 114 valence electrons. The number of anilines is 1. The minimum atomic E-state index is -0.378. The number of hydrogen-bond donors (Lipinski definition) is 1. The molecule has 0 aliphatic rings. The van der Waals surface area contributed by atoms with E-state index in [0.29, 0.717) is 21.3 Å². The van der Waals surface area contributed by atoms with E-state index in [0.717, 1.165) is 0 Å². The summed E-state index contributed by atoms with van der Waals surface area (Å²) in [5.74, 6) is -0.189. The van der Waals surface area contributed by atoms with Crippen molar-refractivity contribution in [2.45, 2.75) is 6.92 Å². The summed E-state index contributed by atoms with van der Waals surface area (Å²) in [6.07, 6.45) is 0. The van der Waals surface area contributed by atoms with Gasteiger partial charge in [0.1, 0.15) is 0 Å². The smallest absolute Gasteiger partial charge is 0.262 e. The molecule has 0 spiro atoms. The second-order valence-corrected chi connectivity index (χ2v) is 5.34. The average molecular weight is 338 g/mol. The van der Waals surface area contributed by atoms with E-state index in [1.807, 2.05) is 0 Å². The number of Topliss-reactive ketones (excluding diaryl/α,β-unsaturated/α-hetero) is 1. The maximum atomic E-state index is 11.9. The van der Waals surface area contributed by atoms with Gasteiger partial charge in [-0.25, -0.2) is 0 Å². The Morgan fingerprint density at radius 3 is 2.36 bits per heavy atom. The Morgan fingerprint density at radius 2 is 1.73 bits per heavy atom. The second-order valence-electron chi connectivity index (χ2n) is 4.52. The molecule has 1 N–H and O–H groups in total. The van der Waals surface area contributed by atoms with Crippen LogP contribution in [0.25, 0.3) is 0 Å². The van der Waals surface area contributed by atoms with Crippen LogP contribution in [0.2, 0.25) is 10.0 Å². The van der Waals surface area contributed by atoms with E-state index in [1.165, 1.54) is 6.92 Å². The summed E-state index contributed by atoms with van der Waals surface area (Å²) in [5.41, 5.74) is 1.04. The number of halogens is 2. The van der Waals surface area contributed by atoms with Crippen LogP contribution in [0, 0.1) is 0 Å². The molecule has 1 amide bonds. The van der Waals surface area contributed by atoms with Crippen LogP contribution in [0.3, 0.4) is 0 Å². The zero-order valence-electron chi connectivity index (χ0n) is 11.7. The number of rotatable bonds is 5. The van der Waals surface area contributed by atoms with Gasteiger partial charge in [0.2, 0.25) is 0 Å². The highest BCUT2D eigenvalue weighted by molar-refractivity contribution is 6.37. The Kier molecular flexibility index (Phi) is 5.41. The molecule has 0 atom stereocenters. The number of nitrogens with one attached hydrogen (secondary N) is 1. The Balaban J connectivity index is 1.99. The standard InChI is InChI=1S/C16H13Cl2NO3/c1-10(20)11-4-2-5-12(8-11)19-15(21)9-22-16-13(17)6-3-7-14(16)18/h2-8H,9H2,1H3,(H,19,21). The first-order valence-corrected chi connectivity index (χ1v) is 7.20. The van der Waals surface area contributed by atoms with Gasteiger partial charge in [-0.1, -0.05) is 41.4 Å². The monoisotopic (exact) mass is 337 g/mol. The van der Waals surface area contributed by atoms with Gasteiger partial charge in [0, 0.05) is 11.3 Å². The minimum absolute atomic E-state index is 0.0739. The van der Waals surface area contributed by atoms with Crippen molar-refractivity contribution >= 4 is 40.6 Å². The summed E-state index contributed by atoms with van der Waals surface area (Å²) >= 11 is 11.9. The molecule has 2 aromatic carbocycles. The Hall–Kier alpha value is -2.04. The van der Waals surface area contributed by atoms with E-state index >= 15 is 0 Å². The van der Waals surface area contributed by atoms with Crippen molar-refractivity contribution in [1.29, 1.82) is 0 Å². The highest BCUT2D eigenvalue weighted by atomic mass is 35.5. The summed E-state index contributed by atoms with van der Waals surface area (Å²) in [6, 6.07) is 11.6. The number of para-hydroxylation sites is 1. The molecule has 2 rings (SSSR count). The lowest BCUT2D eigenvalue weighted by Gasteiger charge is -2.10. The normalized spacial score (nSPS) is 10.1. The molecule has 0 fully saturated rings. The van der Waals surface area contributed by atoms with Crippen LogP contribution < -0.4 is 10.1 Å². The van der Waals surface area contributed by atoms with Gasteiger partial charge in [-0.3, -0.25) is 9.59 Å². The molecule has 0 unspecified atom stereocenters. The molecular formula is C16H13Cl2NO3. The zero-order valence-corrected chi connectivity index (χ0v) is 13.2. The van der Waals surface area contributed by atoms with Gasteiger partial charge in [0.25, 0.3) is 5.91 Å². The van der Waals surface area contributed by atoms with Gasteiger partial charge in [-0.05, 0) is 31.2 Å². The average Bonchev–Trinajstić information content (AvgIpc) is 2.47. The second kappa shape index (κ2) is 7.29. The van der Waals surface area contributed by atoms with Gasteiger partial charge in [-0.15, -0.1) is 0 Å². The summed E-state index contributed by atoms with van der Waals surface area (Å²) in [7, 11) is 0. The van der Waals surface area contributed by atoms with Gasteiger partial charge >= 0.3 is 0 Å². The van der Waals surface area contributed by atoms with E-state index in [9.17, 15) is 9.59 Å². The minimum Gasteiger partial charge on any atom is -0.481 e. The molecule has 0 saturated heterocycles. The molecule has 0 saturated carbocycles. The van der Waals surface area contributed by atoms with Gasteiger partial charge in [0.05, 0.1) is 10.0 Å². The fourth-order valence-corrected chi connectivity index (χ4v) is 2.28. The van der Waals surface area contributed by atoms with Gasteiger partial charge < -0.3 is 10.1 Å². The van der Waals surface area contributed by atoms with Crippen LogP contribution in [0.4, 0.5) is 5.69 Å². The Bertz CT molecular complexity index is 696. The number of benzene rings is 2. The fraction of sp³-hybridized carbons (Fsp3) is 0.125. The van der Waals surface area contributed by atoms with E-state index in [2.05, 4.69) is 5.32 Å². The fourth-order valence-electron chi connectivity index (χ4n) is 1.77. The maximum Gasteiger partial charge on any atom is 0.262 e. The lowest BCUT2D eigenvalue weighted by atomic mass is 10.1. The van der Waals surface area contributed by atoms with Crippen LogP contribution in [0.1, 0.15) is 17.3 Å². The first-order valence-electron chi connectivity index (χ1n) is 6.45. The zero-order chi connectivity index (χ0) is 16.1. The SMILES string of the molecule is CC(=O)c1cccc(NC(=O)COc2c(Cl)cccc2Cl)c1. The lowest BCUT2D eigenvalue weighted by Crippen LogP contribution is -2.20. The summed E-state index contributed by atoms with van der Waals surface area (Å²) < 4.78 is 5.34. The van der Waals surface area contributed by atoms with Crippen LogP contribution in [-0.2, 0) is 4.79 Å². The van der Waals surface area contributed by atoms with Crippen LogP contribution in [0.15, 0.2) is 42.5 Å². The number of ether oxygens (including phenoxy) is 1. The molecule has 0 heterocycles. The Labute approximate surface area is 138 Å². The molecule has 2 aromatic rings. The van der Waals surface area contributed by atoms with Crippen molar-refractivity contribution in [3.63, 3.8) is 0 Å². The molecule has 0 radical (unpaired) electrons. The third-order valence-corrected chi connectivity index (χ3v) is 3.41. The highest BCUT2D eigenvalue weighted by Gasteiger charge is 2.10. The van der Waals surface area contributed by atoms with Crippen molar-refractivity contribution in [3.8, 4) is 5.75 Å². The molecular weight excluding hydrogens is 325 g/mol. The summed E-state index contributed by atoms with van der Waals surface area (Å²) in [4.78, 5) is 23.2. The van der Waals surface area contributed by atoms with E-state index in [4.69, 9.17) is 27.9 Å². The molecule has 22 heavy (non-hydrogen) atoms. The topological polar surface area (TPSA) is 55.4 Å². The Morgan fingerprint density at radius 1 is 1.09 bits per heavy atom. The van der Waals surface area contributed by atoms with E-state index in [1.54, 1.807) is 42.5 Å². The van der Waals surface area contributed by atoms with Crippen LogP contribution in [0.5, 0.6) is 5.75 Å². The van der Waals surface area contributed by atoms with E-state index in [-0.39, 0.29) is 24.0 Å². The molecule has 4 nitrogen and oxygen atoms in total. The molecule has 0 bridgehead atoms. The van der Waals surface area contributed by atoms with Crippen molar-refractivity contribution < 1.29 is 14.3 Å². The summed E-state index contributed by atoms with van der Waals surface area (Å²) in [5, 5.41) is 3.31. The van der Waals surface area contributed by atoms with E-state index < -0.39 is 0 Å². The predicted octanol–water partition coefficient (Wildman–Crippen LogP) is 4.21. The highest BCUT2D eigenvalue weighted by Crippen LogP contribution is 2.32. The van der Waals surface area contributed by atoms with Gasteiger partial charge in [0.15, 0.2) is 18.1 Å². The van der Waals surface area contributed by atoms with Crippen molar-refractivity contribution in [2.24, 2.45) is 0 Å². The largest absolute Gasteiger partial charge is 0.481 e. The number of carbonyl (C=O) groups excluding carboxylic acids is 2.